The van der Waals surface area contributed by atoms with Crippen molar-refractivity contribution in [3.63, 3.8) is 0 Å². The molecule has 1 aliphatic heterocycles. The van der Waals surface area contributed by atoms with E-state index in [0.717, 1.165) is 12.3 Å². The van der Waals surface area contributed by atoms with E-state index in [0.29, 0.717) is 0 Å². The maximum Gasteiger partial charge on any atom is 0.0814 e. The highest BCUT2D eigenvalue weighted by Gasteiger charge is 2.44. The Morgan fingerprint density at radius 1 is 1.42 bits per heavy atom. The Morgan fingerprint density at radius 3 is 2.67 bits per heavy atom. The fourth-order valence-electron chi connectivity index (χ4n) is 2.71. The normalized spacial score (nSPS) is 47.5. The molecule has 2 aliphatic rings. The Balaban J connectivity index is 1.97. The minimum atomic E-state index is 0.135. The molecule has 0 aromatic carbocycles. The van der Waals surface area contributed by atoms with Crippen LogP contribution in [0.25, 0.3) is 0 Å². The summed E-state index contributed by atoms with van der Waals surface area (Å²) in [5.74, 6) is 0.822. The molecular weight excluding hydrogens is 152 g/mol. The summed E-state index contributed by atoms with van der Waals surface area (Å²) in [6.07, 6.45) is 6.09. The lowest BCUT2D eigenvalue weighted by Gasteiger charge is -2.23. The van der Waals surface area contributed by atoms with Gasteiger partial charge in [-0.15, -0.1) is 0 Å². The third kappa shape index (κ3) is 1.38. The summed E-state index contributed by atoms with van der Waals surface area (Å²) < 4.78 is 5.88. The molecule has 0 unspecified atom stereocenters. The van der Waals surface area contributed by atoms with Gasteiger partial charge in [-0.25, -0.2) is 0 Å². The lowest BCUT2D eigenvalue weighted by atomic mass is 9.97. The molecule has 3 atom stereocenters. The molecule has 12 heavy (non-hydrogen) atoms. The summed E-state index contributed by atoms with van der Waals surface area (Å²) in [5, 5.41) is 8.95. The Bertz CT molecular complexity index is 169. The Hall–Kier alpha value is -0.0800. The molecule has 1 N–H and O–H groups in total. The first-order chi connectivity index (χ1) is 5.74. The van der Waals surface area contributed by atoms with Gasteiger partial charge in [0, 0.05) is 0 Å². The van der Waals surface area contributed by atoms with Gasteiger partial charge >= 0.3 is 0 Å². The summed E-state index contributed by atoms with van der Waals surface area (Å²) in [6.45, 7) is 2.50. The van der Waals surface area contributed by atoms with E-state index in [-0.39, 0.29) is 18.3 Å². The molecule has 1 saturated heterocycles. The molecule has 1 aliphatic carbocycles. The molecule has 1 spiro atoms. The third-order valence-electron chi connectivity index (χ3n) is 3.36. The van der Waals surface area contributed by atoms with Gasteiger partial charge in [0.15, 0.2) is 0 Å². The van der Waals surface area contributed by atoms with Crippen LogP contribution in [-0.2, 0) is 4.74 Å². The summed E-state index contributed by atoms with van der Waals surface area (Å²) in [4.78, 5) is 0. The average Bonchev–Trinajstić information content (AvgIpc) is 2.61. The molecular formula is C10H18O2. The fraction of sp³-hybridized carbons (Fsp3) is 1.00. The molecule has 2 fully saturated rings. The van der Waals surface area contributed by atoms with Gasteiger partial charge in [0.05, 0.1) is 18.3 Å². The van der Waals surface area contributed by atoms with Gasteiger partial charge < -0.3 is 9.84 Å². The van der Waals surface area contributed by atoms with Crippen molar-refractivity contribution in [3.8, 4) is 0 Å². The van der Waals surface area contributed by atoms with Crippen LogP contribution in [0.3, 0.4) is 0 Å². The highest BCUT2D eigenvalue weighted by atomic mass is 16.5. The average molecular weight is 170 g/mol. The van der Waals surface area contributed by atoms with Crippen LogP contribution in [0.2, 0.25) is 0 Å². The number of aliphatic hydroxyl groups excluding tert-OH is 1. The van der Waals surface area contributed by atoms with Gasteiger partial charge in [-0.05, 0) is 38.0 Å². The van der Waals surface area contributed by atoms with Gasteiger partial charge in [0.25, 0.3) is 0 Å². The van der Waals surface area contributed by atoms with Crippen molar-refractivity contribution >= 4 is 0 Å². The van der Waals surface area contributed by atoms with Gasteiger partial charge in [-0.1, -0.05) is 6.92 Å². The van der Waals surface area contributed by atoms with Crippen LogP contribution in [0.5, 0.6) is 0 Å². The van der Waals surface area contributed by atoms with Crippen molar-refractivity contribution in [1.29, 1.82) is 0 Å². The summed E-state index contributed by atoms with van der Waals surface area (Å²) in [6, 6.07) is 0. The largest absolute Gasteiger partial charge is 0.394 e. The molecule has 0 amide bonds. The van der Waals surface area contributed by atoms with Gasteiger partial charge in [0.1, 0.15) is 0 Å². The Labute approximate surface area is 73.9 Å². The first kappa shape index (κ1) is 8.52. The van der Waals surface area contributed by atoms with Gasteiger partial charge in [-0.3, -0.25) is 0 Å². The SMILES string of the molecule is C[C@@H]1CC[C@@]2(CC[C@H](CO)O2)C1. The first-order valence-electron chi connectivity index (χ1n) is 5.03. The van der Waals surface area contributed by atoms with Crippen molar-refractivity contribution in [3.05, 3.63) is 0 Å². The van der Waals surface area contributed by atoms with E-state index in [2.05, 4.69) is 6.92 Å². The zero-order valence-electron chi connectivity index (χ0n) is 7.75. The molecule has 1 heterocycles. The van der Waals surface area contributed by atoms with E-state index < -0.39 is 0 Å². The highest BCUT2D eigenvalue weighted by molar-refractivity contribution is 4.94. The second-order valence-electron chi connectivity index (χ2n) is 4.49. The topological polar surface area (TPSA) is 29.5 Å². The Kier molecular flexibility index (Phi) is 2.13. The maximum atomic E-state index is 8.95. The van der Waals surface area contributed by atoms with Crippen molar-refractivity contribution in [2.45, 2.75) is 50.7 Å². The lowest BCUT2D eigenvalue weighted by Crippen LogP contribution is -2.26. The minimum Gasteiger partial charge on any atom is -0.394 e. The van der Waals surface area contributed by atoms with Crippen LogP contribution in [0, 0.1) is 5.92 Å². The molecule has 1 saturated carbocycles. The second kappa shape index (κ2) is 3.00. The quantitative estimate of drug-likeness (QED) is 0.649. The van der Waals surface area contributed by atoms with Crippen LogP contribution >= 0.6 is 0 Å². The number of aliphatic hydroxyl groups is 1. The number of rotatable bonds is 1. The van der Waals surface area contributed by atoms with Crippen molar-refractivity contribution < 1.29 is 9.84 Å². The third-order valence-corrected chi connectivity index (χ3v) is 3.36. The predicted molar refractivity (Wildman–Crippen MR) is 46.9 cm³/mol. The molecule has 2 heteroatoms. The van der Waals surface area contributed by atoms with E-state index in [1.165, 1.54) is 25.7 Å². The van der Waals surface area contributed by atoms with E-state index in [1.54, 1.807) is 0 Å². The van der Waals surface area contributed by atoms with Crippen LogP contribution in [0.4, 0.5) is 0 Å². The van der Waals surface area contributed by atoms with Crippen molar-refractivity contribution in [1.82, 2.24) is 0 Å². The van der Waals surface area contributed by atoms with Crippen LogP contribution < -0.4 is 0 Å². The zero-order chi connectivity index (χ0) is 8.60. The molecule has 2 nitrogen and oxygen atoms in total. The fourth-order valence-corrected chi connectivity index (χ4v) is 2.71. The zero-order valence-corrected chi connectivity index (χ0v) is 7.75. The van der Waals surface area contributed by atoms with E-state index in [9.17, 15) is 0 Å². The van der Waals surface area contributed by atoms with Crippen molar-refractivity contribution in [2.75, 3.05) is 6.61 Å². The van der Waals surface area contributed by atoms with Crippen LogP contribution in [0.1, 0.15) is 39.0 Å². The first-order valence-corrected chi connectivity index (χ1v) is 5.03. The summed E-state index contributed by atoms with van der Waals surface area (Å²) in [7, 11) is 0. The minimum absolute atomic E-state index is 0.135. The monoisotopic (exact) mass is 170 g/mol. The smallest absolute Gasteiger partial charge is 0.0814 e. The standard InChI is InChI=1S/C10H18O2/c1-8-2-4-10(6-8)5-3-9(7-11)12-10/h8-9,11H,2-7H2,1H3/t8-,9-,10-/m1/s1. The molecule has 0 bridgehead atoms. The van der Waals surface area contributed by atoms with Gasteiger partial charge in [-0.2, -0.15) is 0 Å². The van der Waals surface area contributed by atoms with Crippen molar-refractivity contribution in [2.24, 2.45) is 5.92 Å². The number of hydrogen-bond acceptors (Lipinski definition) is 2. The number of ether oxygens (including phenoxy) is 1. The molecule has 0 aromatic heterocycles. The predicted octanol–water partition coefficient (Wildman–Crippen LogP) is 1.72. The number of hydrogen-bond donors (Lipinski definition) is 1. The molecule has 70 valence electrons. The van der Waals surface area contributed by atoms with E-state index >= 15 is 0 Å². The van der Waals surface area contributed by atoms with Crippen LogP contribution in [-0.4, -0.2) is 23.4 Å². The lowest BCUT2D eigenvalue weighted by molar-refractivity contribution is -0.0564. The molecule has 0 aromatic rings. The van der Waals surface area contributed by atoms with Crippen LogP contribution in [0.15, 0.2) is 0 Å². The molecule has 0 radical (unpaired) electrons. The molecule has 2 rings (SSSR count). The second-order valence-corrected chi connectivity index (χ2v) is 4.49. The van der Waals surface area contributed by atoms with Gasteiger partial charge in [0.2, 0.25) is 0 Å². The van der Waals surface area contributed by atoms with E-state index in [1.807, 2.05) is 0 Å². The summed E-state index contributed by atoms with van der Waals surface area (Å²) in [5.41, 5.74) is 0.173. The summed E-state index contributed by atoms with van der Waals surface area (Å²) >= 11 is 0. The highest BCUT2D eigenvalue weighted by Crippen LogP contribution is 2.45. The van der Waals surface area contributed by atoms with E-state index in [4.69, 9.17) is 9.84 Å². The Morgan fingerprint density at radius 2 is 2.17 bits per heavy atom. The maximum absolute atomic E-state index is 8.95.